The van der Waals surface area contributed by atoms with Crippen LogP contribution in [0.15, 0.2) is 23.1 Å². The predicted molar refractivity (Wildman–Crippen MR) is 76.7 cm³/mol. The molecule has 1 aromatic rings. The second-order valence-corrected chi connectivity index (χ2v) is 7.15. The molecular formula is C13H19ClN2O2S. The third-order valence-corrected chi connectivity index (χ3v) is 5.28. The van der Waals surface area contributed by atoms with Crippen molar-refractivity contribution in [2.75, 3.05) is 7.05 Å². The number of nitrogens with one attached hydrogen (secondary N) is 2. The summed E-state index contributed by atoms with van der Waals surface area (Å²) in [5.41, 5.74) is 0.887. The van der Waals surface area contributed by atoms with Crippen LogP contribution < -0.4 is 10.0 Å². The number of benzene rings is 1. The van der Waals surface area contributed by atoms with Crippen LogP contribution in [-0.2, 0) is 16.6 Å². The van der Waals surface area contributed by atoms with Crippen LogP contribution in [0, 0.1) is 5.92 Å². The van der Waals surface area contributed by atoms with E-state index in [0.29, 0.717) is 17.5 Å². The van der Waals surface area contributed by atoms with Gasteiger partial charge in [-0.1, -0.05) is 17.7 Å². The third-order valence-electron chi connectivity index (χ3n) is 3.37. The third kappa shape index (κ3) is 3.69. The van der Waals surface area contributed by atoms with E-state index in [1.165, 1.54) is 6.07 Å². The van der Waals surface area contributed by atoms with Crippen LogP contribution >= 0.6 is 11.6 Å². The van der Waals surface area contributed by atoms with Crippen molar-refractivity contribution in [1.82, 2.24) is 10.0 Å². The van der Waals surface area contributed by atoms with Crippen molar-refractivity contribution >= 4 is 21.6 Å². The van der Waals surface area contributed by atoms with E-state index in [4.69, 9.17) is 11.6 Å². The Bertz CT molecular complexity index is 556. The predicted octanol–water partition coefficient (Wildman–Crippen LogP) is 2.14. The standard InChI is InChI=1S/C13H19ClN2O2S/c1-9(10-3-4-10)16-19(17,18)12-6-5-11(8-15-2)13(14)7-12/h5-7,9-10,15-16H,3-4,8H2,1-2H3. The van der Waals surface area contributed by atoms with E-state index in [0.717, 1.165) is 18.4 Å². The number of halogens is 1. The van der Waals surface area contributed by atoms with Gasteiger partial charge in [-0.15, -0.1) is 0 Å². The van der Waals surface area contributed by atoms with Crippen molar-refractivity contribution in [2.45, 2.75) is 37.2 Å². The zero-order chi connectivity index (χ0) is 14.0. The maximum atomic E-state index is 12.2. The first-order valence-corrected chi connectivity index (χ1v) is 8.25. The fourth-order valence-corrected chi connectivity index (χ4v) is 3.68. The van der Waals surface area contributed by atoms with E-state index in [9.17, 15) is 8.42 Å². The minimum Gasteiger partial charge on any atom is -0.316 e. The molecule has 0 aliphatic heterocycles. The second-order valence-electron chi connectivity index (χ2n) is 5.03. The smallest absolute Gasteiger partial charge is 0.240 e. The lowest BCUT2D eigenvalue weighted by Crippen LogP contribution is -2.34. The Morgan fingerprint density at radius 1 is 1.42 bits per heavy atom. The van der Waals surface area contributed by atoms with Crippen LogP contribution in [0.2, 0.25) is 5.02 Å². The molecule has 0 radical (unpaired) electrons. The van der Waals surface area contributed by atoms with Gasteiger partial charge in [0.25, 0.3) is 0 Å². The van der Waals surface area contributed by atoms with Gasteiger partial charge in [0.05, 0.1) is 4.90 Å². The van der Waals surface area contributed by atoms with E-state index < -0.39 is 10.0 Å². The highest BCUT2D eigenvalue weighted by atomic mass is 35.5. The molecule has 1 unspecified atom stereocenters. The van der Waals surface area contributed by atoms with Crippen molar-refractivity contribution in [3.8, 4) is 0 Å². The number of rotatable bonds is 6. The number of sulfonamides is 1. The summed E-state index contributed by atoms with van der Waals surface area (Å²) in [6.07, 6.45) is 2.21. The van der Waals surface area contributed by atoms with Gasteiger partial charge in [0.1, 0.15) is 0 Å². The molecule has 0 bridgehead atoms. The fraction of sp³-hybridized carbons (Fsp3) is 0.538. The van der Waals surface area contributed by atoms with Crippen molar-refractivity contribution < 1.29 is 8.42 Å². The topological polar surface area (TPSA) is 58.2 Å². The largest absolute Gasteiger partial charge is 0.316 e. The lowest BCUT2D eigenvalue weighted by molar-refractivity contribution is 0.538. The van der Waals surface area contributed by atoms with E-state index in [1.807, 2.05) is 14.0 Å². The highest BCUT2D eigenvalue weighted by Gasteiger charge is 2.31. The molecule has 0 heterocycles. The summed E-state index contributed by atoms with van der Waals surface area (Å²) in [6.45, 7) is 2.53. The van der Waals surface area contributed by atoms with Gasteiger partial charge in [0.2, 0.25) is 10.0 Å². The van der Waals surface area contributed by atoms with E-state index in [2.05, 4.69) is 10.0 Å². The van der Waals surface area contributed by atoms with Gasteiger partial charge >= 0.3 is 0 Å². The molecule has 19 heavy (non-hydrogen) atoms. The average Bonchev–Trinajstić information content (AvgIpc) is 3.15. The molecule has 106 valence electrons. The molecule has 1 aliphatic rings. The minimum absolute atomic E-state index is 0.0132. The van der Waals surface area contributed by atoms with Gasteiger partial charge in [-0.05, 0) is 50.4 Å². The van der Waals surface area contributed by atoms with E-state index in [-0.39, 0.29) is 10.9 Å². The molecule has 0 saturated heterocycles. The summed E-state index contributed by atoms with van der Waals surface area (Å²) in [6, 6.07) is 4.84. The number of hydrogen-bond acceptors (Lipinski definition) is 3. The molecule has 1 atom stereocenters. The van der Waals surface area contributed by atoms with Gasteiger partial charge < -0.3 is 5.32 Å². The summed E-state index contributed by atoms with van der Waals surface area (Å²) >= 11 is 6.09. The summed E-state index contributed by atoms with van der Waals surface area (Å²) in [7, 11) is -1.65. The maximum Gasteiger partial charge on any atom is 0.240 e. The van der Waals surface area contributed by atoms with Gasteiger partial charge in [-0.3, -0.25) is 0 Å². The van der Waals surface area contributed by atoms with Gasteiger partial charge in [-0.25, -0.2) is 13.1 Å². The Balaban J connectivity index is 2.17. The molecule has 1 saturated carbocycles. The molecule has 1 aliphatic carbocycles. The molecule has 1 aromatic carbocycles. The van der Waals surface area contributed by atoms with Crippen LogP contribution in [0.4, 0.5) is 0 Å². The minimum atomic E-state index is -3.47. The lowest BCUT2D eigenvalue weighted by Gasteiger charge is -2.14. The normalized spacial score (nSPS) is 17.4. The van der Waals surface area contributed by atoms with Gasteiger partial charge in [-0.2, -0.15) is 0 Å². The Morgan fingerprint density at radius 2 is 2.11 bits per heavy atom. The monoisotopic (exact) mass is 302 g/mol. The first kappa shape index (κ1) is 14.8. The molecule has 0 amide bonds. The van der Waals surface area contributed by atoms with Crippen LogP contribution in [0.5, 0.6) is 0 Å². The molecule has 2 rings (SSSR count). The van der Waals surface area contributed by atoms with Gasteiger partial charge in [0.15, 0.2) is 0 Å². The van der Waals surface area contributed by atoms with Crippen LogP contribution in [0.3, 0.4) is 0 Å². The molecule has 0 spiro atoms. The first-order chi connectivity index (χ1) is 8.94. The Labute approximate surface area is 119 Å². The molecule has 4 nitrogen and oxygen atoms in total. The average molecular weight is 303 g/mol. The summed E-state index contributed by atoms with van der Waals surface area (Å²) in [5, 5.41) is 3.46. The Hall–Kier alpha value is -0.620. The zero-order valence-corrected chi connectivity index (χ0v) is 12.7. The molecular weight excluding hydrogens is 284 g/mol. The lowest BCUT2D eigenvalue weighted by atomic mass is 10.2. The van der Waals surface area contributed by atoms with E-state index in [1.54, 1.807) is 12.1 Å². The van der Waals surface area contributed by atoms with Crippen LogP contribution in [0.1, 0.15) is 25.3 Å². The van der Waals surface area contributed by atoms with Crippen molar-refractivity contribution in [2.24, 2.45) is 5.92 Å². The summed E-state index contributed by atoms with van der Waals surface area (Å²) in [5.74, 6) is 0.480. The quantitative estimate of drug-likeness (QED) is 0.846. The van der Waals surface area contributed by atoms with Crippen LogP contribution in [0.25, 0.3) is 0 Å². The zero-order valence-electron chi connectivity index (χ0n) is 11.1. The highest BCUT2D eigenvalue weighted by Crippen LogP contribution is 2.33. The highest BCUT2D eigenvalue weighted by molar-refractivity contribution is 7.89. The fourth-order valence-electron chi connectivity index (χ4n) is 2.03. The van der Waals surface area contributed by atoms with E-state index >= 15 is 0 Å². The molecule has 6 heteroatoms. The molecule has 0 aromatic heterocycles. The number of hydrogen-bond donors (Lipinski definition) is 2. The second kappa shape index (κ2) is 5.79. The SMILES string of the molecule is CNCc1ccc(S(=O)(=O)NC(C)C2CC2)cc1Cl. The van der Waals surface area contributed by atoms with Crippen molar-refractivity contribution in [3.63, 3.8) is 0 Å². The molecule has 2 N–H and O–H groups in total. The van der Waals surface area contributed by atoms with Crippen molar-refractivity contribution in [3.05, 3.63) is 28.8 Å². The summed E-state index contributed by atoms with van der Waals surface area (Å²) < 4.78 is 27.1. The maximum absolute atomic E-state index is 12.2. The van der Waals surface area contributed by atoms with Crippen molar-refractivity contribution in [1.29, 1.82) is 0 Å². The Kier molecular flexibility index (Phi) is 4.50. The molecule has 1 fully saturated rings. The Morgan fingerprint density at radius 3 is 2.63 bits per heavy atom. The first-order valence-electron chi connectivity index (χ1n) is 6.39. The summed E-state index contributed by atoms with van der Waals surface area (Å²) in [4.78, 5) is 0.227. The van der Waals surface area contributed by atoms with Gasteiger partial charge in [0, 0.05) is 17.6 Å². The van der Waals surface area contributed by atoms with Crippen LogP contribution in [-0.4, -0.2) is 21.5 Å².